The second-order valence-corrected chi connectivity index (χ2v) is 7.17. The van der Waals surface area contributed by atoms with Gasteiger partial charge in [-0.1, -0.05) is 0 Å². The van der Waals surface area contributed by atoms with Crippen LogP contribution in [0, 0.1) is 23.2 Å². The van der Waals surface area contributed by atoms with Crippen molar-refractivity contribution in [3.63, 3.8) is 0 Å². The quantitative estimate of drug-likeness (QED) is 0.714. The number of amides is 1. The van der Waals surface area contributed by atoms with E-state index in [-0.39, 0.29) is 11.6 Å². The van der Waals surface area contributed by atoms with Gasteiger partial charge in [-0.3, -0.25) is 4.79 Å². The summed E-state index contributed by atoms with van der Waals surface area (Å²) in [5.74, 6) is 2.96. The van der Waals surface area contributed by atoms with Crippen LogP contribution in [-0.2, 0) is 9.53 Å². The van der Waals surface area contributed by atoms with Crippen LogP contribution in [0.2, 0.25) is 0 Å². The second kappa shape index (κ2) is 3.72. The number of ether oxygens (including phenoxy) is 1. The van der Waals surface area contributed by atoms with E-state index in [4.69, 9.17) is 4.74 Å². The summed E-state index contributed by atoms with van der Waals surface area (Å²) < 4.78 is 5.55. The summed E-state index contributed by atoms with van der Waals surface area (Å²) in [7, 11) is 0. The third-order valence-corrected chi connectivity index (χ3v) is 5.88. The highest BCUT2D eigenvalue weighted by atomic mass is 16.5. The van der Waals surface area contributed by atoms with Crippen LogP contribution in [0.25, 0.3) is 0 Å². The number of carbonyl (C=O) groups is 1. The number of nitrogens with zero attached hydrogens (tertiary/aromatic N) is 1. The summed E-state index contributed by atoms with van der Waals surface area (Å²) >= 11 is 0. The second-order valence-electron chi connectivity index (χ2n) is 7.17. The molecule has 5 rings (SSSR count). The van der Waals surface area contributed by atoms with Crippen LogP contribution in [0.15, 0.2) is 0 Å². The Kier molecular flexibility index (Phi) is 2.33. The van der Waals surface area contributed by atoms with Crippen molar-refractivity contribution >= 4 is 5.91 Å². The molecule has 0 aromatic heterocycles. The highest BCUT2D eigenvalue weighted by Gasteiger charge is 2.56. The van der Waals surface area contributed by atoms with Crippen LogP contribution >= 0.6 is 0 Å². The first-order chi connectivity index (χ1) is 8.66. The molecule has 1 atom stereocenters. The molecule has 5 fully saturated rings. The molecule has 4 bridgehead atoms. The number of hydrogen-bond acceptors (Lipinski definition) is 2. The molecular formula is C15H23NO2. The van der Waals surface area contributed by atoms with Crippen molar-refractivity contribution in [2.75, 3.05) is 13.2 Å². The van der Waals surface area contributed by atoms with E-state index in [0.29, 0.717) is 5.91 Å². The standard InChI is InChI=1S/C15H23NO2/c1-10-16(2-3-18-10)14(17)15-7-11-4-12(8-15)6-13(5-11)9-15/h10-13H,2-9H2,1H3. The number of rotatable bonds is 1. The molecule has 5 aliphatic rings. The van der Waals surface area contributed by atoms with Crippen LogP contribution in [0.3, 0.4) is 0 Å². The topological polar surface area (TPSA) is 29.5 Å². The van der Waals surface area contributed by atoms with E-state index in [2.05, 4.69) is 0 Å². The molecule has 3 heteroatoms. The van der Waals surface area contributed by atoms with Crippen molar-refractivity contribution < 1.29 is 9.53 Å². The van der Waals surface area contributed by atoms with Gasteiger partial charge in [0.25, 0.3) is 0 Å². The zero-order valence-electron chi connectivity index (χ0n) is 11.2. The summed E-state index contributed by atoms with van der Waals surface area (Å²) in [6.45, 7) is 3.55. The van der Waals surface area contributed by atoms with E-state index in [9.17, 15) is 4.79 Å². The Morgan fingerprint density at radius 1 is 1.11 bits per heavy atom. The molecule has 4 saturated carbocycles. The van der Waals surface area contributed by atoms with Crippen molar-refractivity contribution in [3.8, 4) is 0 Å². The van der Waals surface area contributed by atoms with E-state index < -0.39 is 0 Å². The lowest BCUT2D eigenvalue weighted by Gasteiger charge is -2.56. The Morgan fingerprint density at radius 3 is 2.11 bits per heavy atom. The average molecular weight is 249 g/mol. The molecule has 1 heterocycles. The number of hydrogen-bond donors (Lipinski definition) is 0. The molecule has 1 saturated heterocycles. The van der Waals surface area contributed by atoms with E-state index >= 15 is 0 Å². The third-order valence-electron chi connectivity index (χ3n) is 5.88. The largest absolute Gasteiger partial charge is 0.357 e. The minimum atomic E-state index is 0.00510. The van der Waals surface area contributed by atoms with Gasteiger partial charge < -0.3 is 9.64 Å². The first-order valence-corrected chi connectivity index (χ1v) is 7.59. The Morgan fingerprint density at radius 2 is 1.67 bits per heavy atom. The summed E-state index contributed by atoms with van der Waals surface area (Å²) in [6, 6.07) is 0. The molecule has 1 amide bonds. The molecule has 0 spiro atoms. The van der Waals surface area contributed by atoms with Gasteiger partial charge in [0.05, 0.1) is 12.0 Å². The molecule has 1 unspecified atom stereocenters. The Balaban J connectivity index is 1.61. The van der Waals surface area contributed by atoms with Gasteiger partial charge in [0.2, 0.25) is 5.91 Å². The SMILES string of the molecule is CC1OCCN1C(=O)C12CC3CC(CC(C3)C1)C2. The Bertz CT molecular complexity index is 343. The van der Waals surface area contributed by atoms with Gasteiger partial charge in [0.1, 0.15) is 6.23 Å². The molecule has 4 aliphatic carbocycles. The van der Waals surface area contributed by atoms with E-state index in [0.717, 1.165) is 30.9 Å². The summed E-state index contributed by atoms with van der Waals surface area (Å²) in [6.07, 6.45) is 7.71. The molecular weight excluding hydrogens is 226 g/mol. The van der Waals surface area contributed by atoms with Gasteiger partial charge in [-0.25, -0.2) is 0 Å². The minimum Gasteiger partial charge on any atom is -0.357 e. The first kappa shape index (κ1) is 11.3. The summed E-state index contributed by atoms with van der Waals surface area (Å²) in [5, 5.41) is 0. The molecule has 100 valence electrons. The normalized spacial score (nSPS) is 49.9. The van der Waals surface area contributed by atoms with Gasteiger partial charge in [-0.15, -0.1) is 0 Å². The van der Waals surface area contributed by atoms with Crippen LogP contribution in [0.1, 0.15) is 45.4 Å². The molecule has 3 nitrogen and oxygen atoms in total. The number of carbonyl (C=O) groups excluding carboxylic acids is 1. The van der Waals surface area contributed by atoms with Gasteiger partial charge in [-0.2, -0.15) is 0 Å². The van der Waals surface area contributed by atoms with Gasteiger partial charge in [0, 0.05) is 6.54 Å². The average Bonchev–Trinajstić information content (AvgIpc) is 2.72. The maximum atomic E-state index is 13.0. The lowest BCUT2D eigenvalue weighted by Crippen LogP contribution is -2.55. The van der Waals surface area contributed by atoms with Crippen molar-refractivity contribution in [2.24, 2.45) is 23.2 Å². The van der Waals surface area contributed by atoms with Crippen molar-refractivity contribution in [1.29, 1.82) is 0 Å². The van der Waals surface area contributed by atoms with E-state index in [1.54, 1.807) is 0 Å². The summed E-state index contributed by atoms with van der Waals surface area (Å²) in [4.78, 5) is 15.0. The van der Waals surface area contributed by atoms with Crippen LogP contribution in [0.5, 0.6) is 0 Å². The van der Waals surface area contributed by atoms with E-state index in [1.165, 1.54) is 38.5 Å². The predicted octanol–water partition coefficient (Wildman–Crippen LogP) is 2.41. The smallest absolute Gasteiger partial charge is 0.230 e. The van der Waals surface area contributed by atoms with Crippen molar-refractivity contribution in [3.05, 3.63) is 0 Å². The highest BCUT2D eigenvalue weighted by Crippen LogP contribution is 2.60. The van der Waals surface area contributed by atoms with Crippen LogP contribution < -0.4 is 0 Å². The maximum Gasteiger partial charge on any atom is 0.230 e. The monoisotopic (exact) mass is 249 g/mol. The van der Waals surface area contributed by atoms with Crippen molar-refractivity contribution in [1.82, 2.24) is 4.90 Å². The fourth-order valence-corrected chi connectivity index (χ4v) is 5.54. The molecule has 0 aromatic carbocycles. The zero-order valence-corrected chi connectivity index (χ0v) is 11.2. The van der Waals surface area contributed by atoms with Crippen LogP contribution in [-0.4, -0.2) is 30.2 Å². The maximum absolute atomic E-state index is 13.0. The van der Waals surface area contributed by atoms with Gasteiger partial charge >= 0.3 is 0 Å². The van der Waals surface area contributed by atoms with E-state index in [1.807, 2.05) is 11.8 Å². The third kappa shape index (κ3) is 1.49. The molecule has 18 heavy (non-hydrogen) atoms. The Labute approximate surface area is 109 Å². The fraction of sp³-hybridized carbons (Fsp3) is 0.933. The first-order valence-electron chi connectivity index (χ1n) is 7.59. The molecule has 1 aliphatic heterocycles. The van der Waals surface area contributed by atoms with Gasteiger partial charge in [0.15, 0.2) is 0 Å². The Hall–Kier alpha value is -0.570. The summed E-state index contributed by atoms with van der Waals surface area (Å²) in [5.41, 5.74) is 0.0106. The molecule has 0 aromatic rings. The van der Waals surface area contributed by atoms with Gasteiger partial charge in [-0.05, 0) is 63.2 Å². The zero-order chi connectivity index (χ0) is 12.3. The highest BCUT2D eigenvalue weighted by molar-refractivity contribution is 5.83. The molecule has 0 N–H and O–H groups in total. The fourth-order valence-electron chi connectivity index (χ4n) is 5.54. The molecule has 0 radical (unpaired) electrons. The minimum absolute atomic E-state index is 0.00510. The lowest BCUT2D eigenvalue weighted by atomic mass is 9.49. The predicted molar refractivity (Wildman–Crippen MR) is 67.7 cm³/mol. The van der Waals surface area contributed by atoms with Crippen LogP contribution in [0.4, 0.5) is 0 Å². The lowest BCUT2D eigenvalue weighted by molar-refractivity contribution is -0.161. The van der Waals surface area contributed by atoms with Crippen molar-refractivity contribution in [2.45, 2.75) is 51.7 Å².